The molecule has 1 heterocycles. The van der Waals surface area contributed by atoms with E-state index < -0.39 is 6.10 Å². The molecule has 1 aliphatic rings. The van der Waals surface area contributed by atoms with E-state index in [0.29, 0.717) is 6.42 Å². The van der Waals surface area contributed by atoms with E-state index in [0.717, 1.165) is 44.1 Å². The van der Waals surface area contributed by atoms with Gasteiger partial charge < -0.3 is 15.2 Å². The van der Waals surface area contributed by atoms with Gasteiger partial charge in [-0.05, 0) is 24.1 Å². The highest BCUT2D eigenvalue weighted by molar-refractivity contribution is 5.92. The quantitative estimate of drug-likeness (QED) is 0.844. The Hall–Kier alpha value is -1.43. The van der Waals surface area contributed by atoms with E-state index in [-0.39, 0.29) is 11.8 Å². The Morgan fingerprint density at radius 1 is 1.27 bits per heavy atom. The molecule has 2 rings (SSSR count). The summed E-state index contributed by atoms with van der Waals surface area (Å²) in [5, 5.41) is 13.1. The molecule has 1 fully saturated rings. The number of rotatable bonds is 6. The molecule has 1 amide bonds. The van der Waals surface area contributed by atoms with Crippen molar-refractivity contribution >= 4 is 11.6 Å². The van der Waals surface area contributed by atoms with Crippen LogP contribution in [0.15, 0.2) is 24.3 Å². The third-order valence-electron chi connectivity index (χ3n) is 3.91. The third kappa shape index (κ3) is 5.09. The molecule has 5 heteroatoms. The first-order chi connectivity index (χ1) is 10.6. The fourth-order valence-electron chi connectivity index (χ4n) is 2.37. The number of carbonyl (C=O) groups excluding carboxylic acids is 1. The van der Waals surface area contributed by atoms with Gasteiger partial charge in [0.25, 0.3) is 0 Å². The Bertz CT molecular complexity index is 467. The highest BCUT2D eigenvalue weighted by Gasteiger charge is 2.14. The van der Waals surface area contributed by atoms with Crippen LogP contribution in [0.2, 0.25) is 0 Å². The van der Waals surface area contributed by atoms with E-state index in [1.54, 1.807) is 0 Å². The molecule has 1 saturated heterocycles. The van der Waals surface area contributed by atoms with Crippen molar-refractivity contribution in [1.82, 2.24) is 4.90 Å². The maximum absolute atomic E-state index is 11.6. The van der Waals surface area contributed by atoms with Crippen molar-refractivity contribution in [3.63, 3.8) is 0 Å². The summed E-state index contributed by atoms with van der Waals surface area (Å²) in [5.41, 5.74) is 1.65. The summed E-state index contributed by atoms with van der Waals surface area (Å²) in [6.07, 6.45) is 0.232. The molecule has 5 nitrogen and oxygen atoms in total. The largest absolute Gasteiger partial charge is 0.388 e. The molecule has 2 N–H and O–H groups in total. The van der Waals surface area contributed by atoms with Gasteiger partial charge in [0.15, 0.2) is 0 Å². The van der Waals surface area contributed by atoms with Crippen molar-refractivity contribution in [2.75, 3.05) is 38.2 Å². The van der Waals surface area contributed by atoms with Crippen LogP contribution in [0.1, 0.15) is 31.9 Å². The van der Waals surface area contributed by atoms with Crippen molar-refractivity contribution < 1.29 is 14.6 Å². The van der Waals surface area contributed by atoms with Gasteiger partial charge in [0, 0.05) is 31.2 Å². The van der Waals surface area contributed by atoms with Crippen LogP contribution in [-0.2, 0) is 9.53 Å². The van der Waals surface area contributed by atoms with E-state index in [9.17, 15) is 9.90 Å². The van der Waals surface area contributed by atoms with Gasteiger partial charge in [-0.15, -0.1) is 0 Å². The van der Waals surface area contributed by atoms with Crippen LogP contribution >= 0.6 is 0 Å². The average molecular weight is 306 g/mol. The summed E-state index contributed by atoms with van der Waals surface area (Å²) >= 11 is 0. The molecule has 0 aromatic heterocycles. The lowest BCUT2D eigenvalue weighted by atomic mass is 10.1. The Kier molecular flexibility index (Phi) is 6.36. The van der Waals surface area contributed by atoms with Crippen molar-refractivity contribution in [3.8, 4) is 0 Å². The SMILES string of the molecule is CC(C)C(=O)Nc1ccc(C(O)CCN2CCOCC2)cc1. The minimum atomic E-state index is -0.474. The first-order valence-corrected chi connectivity index (χ1v) is 7.95. The number of ether oxygens (including phenoxy) is 1. The molecule has 1 aliphatic heterocycles. The molecule has 0 saturated carbocycles. The van der Waals surface area contributed by atoms with Crippen LogP contribution in [0.4, 0.5) is 5.69 Å². The number of aliphatic hydroxyl groups is 1. The topological polar surface area (TPSA) is 61.8 Å². The molecule has 1 atom stereocenters. The number of nitrogens with one attached hydrogen (secondary N) is 1. The average Bonchev–Trinajstić information content (AvgIpc) is 2.54. The first kappa shape index (κ1) is 16.9. The second kappa shape index (κ2) is 8.27. The normalized spacial score (nSPS) is 17.5. The summed E-state index contributed by atoms with van der Waals surface area (Å²) in [7, 11) is 0. The molecule has 1 unspecified atom stereocenters. The molecule has 122 valence electrons. The number of aliphatic hydroxyl groups excluding tert-OH is 1. The number of hydrogen-bond donors (Lipinski definition) is 2. The summed E-state index contributed by atoms with van der Waals surface area (Å²) < 4.78 is 5.31. The van der Waals surface area contributed by atoms with Gasteiger partial charge in [0.2, 0.25) is 5.91 Å². The smallest absolute Gasteiger partial charge is 0.226 e. The van der Waals surface area contributed by atoms with Crippen molar-refractivity contribution in [2.45, 2.75) is 26.4 Å². The fourth-order valence-corrected chi connectivity index (χ4v) is 2.37. The first-order valence-electron chi connectivity index (χ1n) is 7.95. The van der Waals surface area contributed by atoms with Crippen LogP contribution in [0.5, 0.6) is 0 Å². The lowest BCUT2D eigenvalue weighted by molar-refractivity contribution is -0.118. The predicted molar refractivity (Wildman–Crippen MR) is 86.7 cm³/mol. The molecule has 22 heavy (non-hydrogen) atoms. The van der Waals surface area contributed by atoms with E-state index in [4.69, 9.17) is 4.74 Å². The van der Waals surface area contributed by atoms with Gasteiger partial charge in [-0.1, -0.05) is 26.0 Å². The number of nitrogens with zero attached hydrogens (tertiary/aromatic N) is 1. The van der Waals surface area contributed by atoms with Crippen LogP contribution < -0.4 is 5.32 Å². The van der Waals surface area contributed by atoms with Gasteiger partial charge in [-0.2, -0.15) is 0 Å². The maximum Gasteiger partial charge on any atom is 0.226 e. The molecule has 1 aromatic carbocycles. The van der Waals surface area contributed by atoms with Crippen LogP contribution in [0.3, 0.4) is 0 Å². The minimum Gasteiger partial charge on any atom is -0.388 e. The van der Waals surface area contributed by atoms with E-state index in [2.05, 4.69) is 10.2 Å². The standard InChI is InChI=1S/C17H26N2O3/c1-13(2)17(21)18-15-5-3-14(4-6-15)16(20)7-8-19-9-11-22-12-10-19/h3-6,13,16,20H,7-12H2,1-2H3,(H,18,21). The van der Waals surface area contributed by atoms with E-state index >= 15 is 0 Å². The van der Waals surface area contributed by atoms with Crippen LogP contribution in [0.25, 0.3) is 0 Å². The number of amides is 1. The van der Waals surface area contributed by atoms with Crippen molar-refractivity contribution in [1.29, 1.82) is 0 Å². The Labute approximate surface area is 132 Å². The summed E-state index contributed by atoms with van der Waals surface area (Å²) in [6.45, 7) is 8.02. The molecular formula is C17H26N2O3. The number of hydrogen-bond acceptors (Lipinski definition) is 4. The van der Waals surface area contributed by atoms with Crippen molar-refractivity contribution in [3.05, 3.63) is 29.8 Å². The fraction of sp³-hybridized carbons (Fsp3) is 0.588. The Morgan fingerprint density at radius 2 is 1.91 bits per heavy atom. The number of morpholine rings is 1. The van der Waals surface area contributed by atoms with Crippen LogP contribution in [-0.4, -0.2) is 48.8 Å². The monoisotopic (exact) mass is 306 g/mol. The van der Waals surface area contributed by atoms with Crippen molar-refractivity contribution in [2.24, 2.45) is 5.92 Å². The Morgan fingerprint density at radius 3 is 2.50 bits per heavy atom. The molecule has 0 radical (unpaired) electrons. The second-order valence-corrected chi connectivity index (χ2v) is 6.02. The van der Waals surface area contributed by atoms with E-state index in [1.807, 2.05) is 38.1 Å². The molecule has 0 bridgehead atoms. The zero-order valence-corrected chi connectivity index (χ0v) is 13.4. The molecule has 0 aliphatic carbocycles. The zero-order valence-electron chi connectivity index (χ0n) is 13.4. The third-order valence-corrected chi connectivity index (χ3v) is 3.91. The number of anilines is 1. The van der Waals surface area contributed by atoms with Gasteiger partial charge in [-0.3, -0.25) is 9.69 Å². The van der Waals surface area contributed by atoms with Gasteiger partial charge in [0.1, 0.15) is 0 Å². The number of benzene rings is 1. The Balaban J connectivity index is 1.82. The predicted octanol–water partition coefficient (Wildman–Crippen LogP) is 2.04. The summed E-state index contributed by atoms with van der Waals surface area (Å²) in [5.74, 6) is -0.0422. The highest BCUT2D eigenvalue weighted by atomic mass is 16.5. The van der Waals surface area contributed by atoms with Gasteiger partial charge in [0.05, 0.1) is 19.3 Å². The summed E-state index contributed by atoms with van der Waals surface area (Å²) in [4.78, 5) is 13.9. The van der Waals surface area contributed by atoms with Gasteiger partial charge in [-0.25, -0.2) is 0 Å². The van der Waals surface area contributed by atoms with Crippen LogP contribution in [0, 0.1) is 5.92 Å². The highest BCUT2D eigenvalue weighted by Crippen LogP contribution is 2.20. The summed E-state index contributed by atoms with van der Waals surface area (Å²) in [6, 6.07) is 7.43. The molecular weight excluding hydrogens is 280 g/mol. The molecule has 0 spiro atoms. The maximum atomic E-state index is 11.6. The van der Waals surface area contributed by atoms with E-state index in [1.165, 1.54) is 0 Å². The minimum absolute atomic E-state index is 0.000570. The molecule has 1 aromatic rings. The zero-order chi connectivity index (χ0) is 15.9. The number of carbonyl (C=O) groups is 1. The lowest BCUT2D eigenvalue weighted by Crippen LogP contribution is -2.37. The second-order valence-electron chi connectivity index (χ2n) is 6.02. The lowest BCUT2D eigenvalue weighted by Gasteiger charge is -2.27. The van der Waals surface area contributed by atoms with Gasteiger partial charge >= 0.3 is 0 Å².